The van der Waals surface area contributed by atoms with Crippen molar-refractivity contribution in [3.8, 4) is 5.75 Å². The molecule has 7 nitrogen and oxygen atoms in total. The Kier molecular flexibility index (Phi) is 6.48. The van der Waals surface area contributed by atoms with Crippen molar-refractivity contribution in [2.75, 3.05) is 20.8 Å². The summed E-state index contributed by atoms with van der Waals surface area (Å²) < 4.78 is 5.05. The molecule has 21 heavy (non-hydrogen) atoms. The number of aliphatic hydroxyl groups excluding tert-OH is 1. The van der Waals surface area contributed by atoms with Gasteiger partial charge in [0.1, 0.15) is 11.8 Å². The van der Waals surface area contributed by atoms with Crippen LogP contribution in [-0.4, -0.2) is 53.9 Å². The number of amides is 2. The molecule has 1 unspecified atom stereocenters. The van der Waals surface area contributed by atoms with Gasteiger partial charge in [0.05, 0.1) is 7.11 Å². The lowest BCUT2D eigenvalue weighted by Gasteiger charge is -2.21. The van der Waals surface area contributed by atoms with Gasteiger partial charge < -0.3 is 25.2 Å². The van der Waals surface area contributed by atoms with E-state index in [1.165, 1.54) is 4.90 Å². The number of aliphatic carboxylic acids is 1. The number of carboxylic acid groups (broad SMARTS) is 1. The predicted molar refractivity (Wildman–Crippen MR) is 76.1 cm³/mol. The van der Waals surface area contributed by atoms with Crippen molar-refractivity contribution in [3.05, 3.63) is 29.8 Å². The summed E-state index contributed by atoms with van der Waals surface area (Å²) in [6, 6.07) is 5.61. The number of hydrogen-bond donors (Lipinski definition) is 3. The first kappa shape index (κ1) is 16.8. The largest absolute Gasteiger partial charge is 0.497 e. The van der Waals surface area contributed by atoms with Crippen LogP contribution in [0.25, 0.3) is 0 Å². The summed E-state index contributed by atoms with van der Waals surface area (Å²) in [7, 11) is 3.14. The number of hydrogen-bond acceptors (Lipinski definition) is 4. The molecule has 0 aliphatic rings. The van der Waals surface area contributed by atoms with Crippen molar-refractivity contribution in [1.82, 2.24) is 10.2 Å². The monoisotopic (exact) mass is 296 g/mol. The predicted octanol–water partition coefficient (Wildman–Crippen LogP) is 0.672. The van der Waals surface area contributed by atoms with Gasteiger partial charge in [-0.15, -0.1) is 0 Å². The molecule has 0 aliphatic heterocycles. The quantitative estimate of drug-likeness (QED) is 0.687. The summed E-state index contributed by atoms with van der Waals surface area (Å²) in [4.78, 5) is 24.2. The molecule has 0 saturated carbocycles. The number of methoxy groups -OCH3 is 1. The van der Waals surface area contributed by atoms with Gasteiger partial charge in [0.15, 0.2) is 0 Å². The third-order valence-corrected chi connectivity index (χ3v) is 2.94. The zero-order valence-electron chi connectivity index (χ0n) is 12.1. The van der Waals surface area contributed by atoms with Crippen molar-refractivity contribution in [2.24, 2.45) is 0 Å². The molecule has 1 aromatic carbocycles. The molecule has 0 bridgehead atoms. The molecule has 7 heteroatoms. The molecule has 0 radical (unpaired) electrons. The standard InChI is InChI=1S/C14H20N2O5/c1-16(9-10-3-5-11(21-2)6-4-10)14(20)15-12(7-8-17)13(18)19/h3-6,12,17H,7-9H2,1-2H3,(H,15,20)(H,18,19). The van der Waals surface area contributed by atoms with Crippen molar-refractivity contribution in [3.63, 3.8) is 0 Å². The summed E-state index contributed by atoms with van der Waals surface area (Å²) >= 11 is 0. The number of benzene rings is 1. The van der Waals surface area contributed by atoms with Crippen LogP contribution in [0.1, 0.15) is 12.0 Å². The summed E-state index contributed by atoms with van der Waals surface area (Å²) in [5.41, 5.74) is 0.891. The van der Waals surface area contributed by atoms with Crippen LogP contribution in [0.4, 0.5) is 4.79 Å². The van der Waals surface area contributed by atoms with Gasteiger partial charge in [-0.05, 0) is 17.7 Å². The Morgan fingerprint density at radius 2 is 1.95 bits per heavy atom. The Balaban J connectivity index is 2.58. The van der Waals surface area contributed by atoms with Crippen LogP contribution in [0.2, 0.25) is 0 Å². The summed E-state index contributed by atoms with van der Waals surface area (Å²) in [6.45, 7) is 0.0285. The molecule has 1 aromatic rings. The summed E-state index contributed by atoms with van der Waals surface area (Å²) in [6.07, 6.45) is -0.0303. The number of aliphatic hydroxyl groups is 1. The number of carbonyl (C=O) groups excluding carboxylic acids is 1. The second-order valence-electron chi connectivity index (χ2n) is 4.56. The highest BCUT2D eigenvalue weighted by atomic mass is 16.5. The fourth-order valence-electron chi connectivity index (χ4n) is 1.72. The van der Waals surface area contributed by atoms with Gasteiger partial charge in [0.2, 0.25) is 0 Å². The molecule has 0 heterocycles. The molecule has 2 amide bonds. The van der Waals surface area contributed by atoms with E-state index in [0.29, 0.717) is 6.54 Å². The number of carboxylic acids is 1. The number of ether oxygens (including phenoxy) is 1. The van der Waals surface area contributed by atoms with Crippen LogP contribution in [-0.2, 0) is 11.3 Å². The number of rotatable bonds is 7. The lowest BCUT2D eigenvalue weighted by atomic mass is 10.2. The first-order valence-electron chi connectivity index (χ1n) is 6.46. The minimum atomic E-state index is -1.17. The van der Waals surface area contributed by atoms with Gasteiger partial charge in [-0.25, -0.2) is 9.59 Å². The van der Waals surface area contributed by atoms with Gasteiger partial charge in [-0.3, -0.25) is 0 Å². The van der Waals surface area contributed by atoms with E-state index in [-0.39, 0.29) is 13.0 Å². The average molecular weight is 296 g/mol. The van der Waals surface area contributed by atoms with Crippen LogP contribution in [0, 0.1) is 0 Å². The molecular formula is C14H20N2O5. The topological polar surface area (TPSA) is 99.1 Å². The third kappa shape index (κ3) is 5.31. The first-order valence-corrected chi connectivity index (χ1v) is 6.46. The normalized spacial score (nSPS) is 11.6. The van der Waals surface area contributed by atoms with E-state index in [1.54, 1.807) is 26.3 Å². The molecule has 1 rings (SSSR count). The van der Waals surface area contributed by atoms with E-state index in [9.17, 15) is 9.59 Å². The second-order valence-corrected chi connectivity index (χ2v) is 4.56. The minimum Gasteiger partial charge on any atom is -0.497 e. The Hall–Kier alpha value is -2.28. The molecule has 1 atom stereocenters. The molecule has 0 aromatic heterocycles. The van der Waals surface area contributed by atoms with E-state index < -0.39 is 18.0 Å². The van der Waals surface area contributed by atoms with Crippen molar-refractivity contribution in [2.45, 2.75) is 19.0 Å². The maximum absolute atomic E-state index is 11.9. The van der Waals surface area contributed by atoms with Crippen molar-refractivity contribution in [1.29, 1.82) is 0 Å². The Labute approximate surface area is 123 Å². The van der Waals surface area contributed by atoms with E-state index in [2.05, 4.69) is 5.32 Å². The number of carbonyl (C=O) groups is 2. The number of urea groups is 1. The van der Waals surface area contributed by atoms with Gasteiger partial charge in [-0.2, -0.15) is 0 Å². The van der Waals surface area contributed by atoms with Gasteiger partial charge in [-0.1, -0.05) is 12.1 Å². The molecule has 116 valence electrons. The highest BCUT2D eigenvalue weighted by Crippen LogP contribution is 2.12. The molecule has 0 aliphatic carbocycles. The van der Waals surface area contributed by atoms with E-state index >= 15 is 0 Å². The molecule has 3 N–H and O–H groups in total. The van der Waals surface area contributed by atoms with Crippen LogP contribution in [0.3, 0.4) is 0 Å². The first-order chi connectivity index (χ1) is 9.97. The minimum absolute atomic E-state index is 0.0303. The van der Waals surface area contributed by atoms with Crippen LogP contribution < -0.4 is 10.1 Å². The number of nitrogens with zero attached hydrogens (tertiary/aromatic N) is 1. The van der Waals surface area contributed by atoms with Crippen molar-refractivity contribution >= 4 is 12.0 Å². The second kappa shape index (κ2) is 8.11. The summed E-state index contributed by atoms with van der Waals surface area (Å²) in [5.74, 6) is -0.449. The van der Waals surface area contributed by atoms with E-state index in [1.807, 2.05) is 12.1 Å². The molecule has 0 saturated heterocycles. The maximum atomic E-state index is 11.9. The van der Waals surface area contributed by atoms with E-state index in [0.717, 1.165) is 11.3 Å². The third-order valence-electron chi connectivity index (χ3n) is 2.94. The lowest BCUT2D eigenvalue weighted by molar-refractivity contribution is -0.139. The Morgan fingerprint density at radius 1 is 1.33 bits per heavy atom. The SMILES string of the molecule is COc1ccc(CN(C)C(=O)NC(CCO)C(=O)O)cc1. The highest BCUT2D eigenvalue weighted by molar-refractivity contribution is 5.82. The van der Waals surface area contributed by atoms with Crippen LogP contribution >= 0.6 is 0 Å². The van der Waals surface area contributed by atoms with Crippen LogP contribution in [0.5, 0.6) is 5.75 Å². The van der Waals surface area contributed by atoms with Gasteiger partial charge in [0.25, 0.3) is 0 Å². The van der Waals surface area contributed by atoms with E-state index in [4.69, 9.17) is 14.9 Å². The van der Waals surface area contributed by atoms with Crippen LogP contribution in [0.15, 0.2) is 24.3 Å². The fourth-order valence-corrected chi connectivity index (χ4v) is 1.72. The zero-order chi connectivity index (χ0) is 15.8. The summed E-state index contributed by atoms with van der Waals surface area (Å²) in [5, 5.41) is 20.1. The fraction of sp³-hybridized carbons (Fsp3) is 0.429. The Bertz CT molecular complexity index is 475. The highest BCUT2D eigenvalue weighted by Gasteiger charge is 2.21. The smallest absolute Gasteiger partial charge is 0.326 e. The lowest BCUT2D eigenvalue weighted by Crippen LogP contribution is -2.46. The number of nitrogens with one attached hydrogen (secondary N) is 1. The van der Waals surface area contributed by atoms with Crippen molar-refractivity contribution < 1.29 is 24.5 Å². The molecule has 0 spiro atoms. The maximum Gasteiger partial charge on any atom is 0.326 e. The Morgan fingerprint density at radius 3 is 2.43 bits per heavy atom. The van der Waals surface area contributed by atoms with Gasteiger partial charge in [0, 0.05) is 26.6 Å². The average Bonchev–Trinajstić information content (AvgIpc) is 2.47. The zero-order valence-corrected chi connectivity index (χ0v) is 12.1. The molecule has 0 fully saturated rings. The molecular weight excluding hydrogens is 276 g/mol. The van der Waals surface area contributed by atoms with Gasteiger partial charge >= 0.3 is 12.0 Å².